The second-order valence-corrected chi connectivity index (χ2v) is 6.85. The first-order chi connectivity index (χ1) is 11.6. The summed E-state index contributed by atoms with van der Waals surface area (Å²) >= 11 is 0. The molecule has 4 nitrogen and oxygen atoms in total. The molecule has 0 saturated heterocycles. The highest BCUT2D eigenvalue weighted by Gasteiger charge is 2.79. The van der Waals surface area contributed by atoms with Gasteiger partial charge in [0.1, 0.15) is 0 Å². The van der Waals surface area contributed by atoms with Gasteiger partial charge >= 0.3 is 27.2 Å². The molecule has 26 heavy (non-hydrogen) atoms. The Balaban J connectivity index is 0. The van der Waals surface area contributed by atoms with Gasteiger partial charge in [-0.05, 0) is 6.42 Å². The first kappa shape index (κ1) is 27.3. The minimum atomic E-state index is -6.84. The van der Waals surface area contributed by atoms with Crippen LogP contribution in [0.1, 0.15) is 45.4 Å². The lowest BCUT2D eigenvalue weighted by Crippen LogP contribution is -2.61. The van der Waals surface area contributed by atoms with Crippen molar-refractivity contribution >= 4 is 10.1 Å². The predicted octanol–water partition coefficient (Wildman–Crippen LogP) is 4.57. The molecule has 0 aromatic carbocycles. The van der Waals surface area contributed by atoms with Crippen LogP contribution in [0.25, 0.3) is 0 Å². The van der Waals surface area contributed by atoms with Crippen LogP contribution in [0.15, 0.2) is 12.7 Å². The predicted molar refractivity (Wildman–Crippen MR) is 83.9 cm³/mol. The minimum Gasteiger partial charge on any atom is -0.327 e. The van der Waals surface area contributed by atoms with Crippen molar-refractivity contribution < 1.29 is 43.7 Å². The van der Waals surface area contributed by atoms with E-state index in [1.807, 2.05) is 6.92 Å². The summed E-state index contributed by atoms with van der Waals surface area (Å²) in [5, 5.41) is -6.50. The number of halogens is 7. The summed E-state index contributed by atoms with van der Waals surface area (Å²) in [4.78, 5) is 0. The van der Waals surface area contributed by atoms with Gasteiger partial charge in [-0.1, -0.05) is 45.1 Å². The van der Waals surface area contributed by atoms with Crippen LogP contribution in [-0.4, -0.2) is 42.8 Å². The third kappa shape index (κ3) is 7.03. The lowest BCUT2D eigenvalue weighted by atomic mass is 10.0. The van der Waals surface area contributed by atoms with E-state index in [9.17, 15) is 39.2 Å². The van der Waals surface area contributed by atoms with Crippen molar-refractivity contribution in [1.29, 1.82) is 0 Å². The highest BCUT2D eigenvalue weighted by atomic mass is 32.2. The molecule has 158 valence electrons. The highest BCUT2D eigenvalue weighted by molar-refractivity contribution is 7.87. The van der Waals surface area contributed by atoms with Crippen molar-refractivity contribution in [2.75, 3.05) is 6.54 Å². The molecule has 3 N–H and O–H groups in total. The second-order valence-electron chi connectivity index (χ2n) is 5.38. The zero-order valence-electron chi connectivity index (χ0n) is 14.2. The van der Waals surface area contributed by atoms with Gasteiger partial charge in [-0.2, -0.15) is 34.8 Å². The standard InChI is InChI=1S/C11H17F7O3S.C3H7N/c1-2-3-4-5-6-7-8(12)9(13,14)10(15,16)11(17,18)22(19,20)21;1-2-3-4/h8H,2-7H2,1H3,(H,19,20,21);2H,1,3-4H2. The van der Waals surface area contributed by atoms with E-state index in [4.69, 9.17) is 10.3 Å². The Hall–Kier alpha value is -0.880. The second kappa shape index (κ2) is 11.1. The number of hydrogen-bond acceptors (Lipinski definition) is 3. The van der Waals surface area contributed by atoms with Crippen molar-refractivity contribution in [3.8, 4) is 0 Å². The van der Waals surface area contributed by atoms with Crippen LogP contribution >= 0.6 is 0 Å². The fraction of sp³-hybridized carbons (Fsp3) is 0.857. The average Bonchev–Trinajstić information content (AvgIpc) is 2.53. The normalized spacial score (nSPS) is 14.4. The molecule has 0 saturated carbocycles. The number of hydrogen-bond donors (Lipinski definition) is 2. The third-order valence-corrected chi connectivity index (χ3v) is 4.13. The summed E-state index contributed by atoms with van der Waals surface area (Å²) < 4.78 is 120. The van der Waals surface area contributed by atoms with E-state index in [1.165, 1.54) is 0 Å². The van der Waals surface area contributed by atoms with E-state index in [1.54, 1.807) is 6.08 Å². The van der Waals surface area contributed by atoms with Gasteiger partial charge in [0.05, 0.1) is 0 Å². The van der Waals surface area contributed by atoms with Gasteiger partial charge in [0.25, 0.3) is 0 Å². The van der Waals surface area contributed by atoms with Crippen molar-refractivity contribution in [1.82, 2.24) is 0 Å². The van der Waals surface area contributed by atoms with E-state index < -0.39 is 39.8 Å². The Kier molecular flexibility index (Phi) is 11.6. The summed E-state index contributed by atoms with van der Waals surface area (Å²) in [6.45, 7) is 5.77. The summed E-state index contributed by atoms with van der Waals surface area (Å²) in [5.74, 6) is -12.5. The summed E-state index contributed by atoms with van der Waals surface area (Å²) in [6.07, 6.45) is -1.12. The molecule has 0 amide bonds. The van der Waals surface area contributed by atoms with Crippen LogP contribution in [-0.2, 0) is 10.1 Å². The monoisotopic (exact) mass is 419 g/mol. The van der Waals surface area contributed by atoms with Crippen molar-refractivity contribution in [2.24, 2.45) is 5.73 Å². The highest BCUT2D eigenvalue weighted by Crippen LogP contribution is 2.50. The lowest BCUT2D eigenvalue weighted by molar-refractivity contribution is -0.300. The summed E-state index contributed by atoms with van der Waals surface area (Å²) in [7, 11) is -6.84. The molecule has 0 aliphatic rings. The molecule has 0 bridgehead atoms. The molecule has 12 heteroatoms. The van der Waals surface area contributed by atoms with Crippen molar-refractivity contribution in [2.45, 2.75) is 68.7 Å². The van der Waals surface area contributed by atoms with E-state index in [-0.39, 0.29) is 12.8 Å². The van der Waals surface area contributed by atoms with E-state index in [0.29, 0.717) is 19.4 Å². The molecular formula is C14H24F7NO3S. The van der Waals surface area contributed by atoms with Gasteiger partial charge in [-0.15, -0.1) is 6.58 Å². The first-order valence-electron chi connectivity index (χ1n) is 7.70. The topological polar surface area (TPSA) is 80.4 Å². The molecule has 0 spiro atoms. The Morgan fingerprint density at radius 1 is 1.08 bits per heavy atom. The minimum absolute atomic E-state index is 0.241. The maximum absolute atomic E-state index is 13.3. The zero-order valence-corrected chi connectivity index (χ0v) is 15.0. The summed E-state index contributed by atoms with van der Waals surface area (Å²) in [6, 6.07) is 0. The van der Waals surface area contributed by atoms with E-state index in [2.05, 4.69) is 6.58 Å². The smallest absolute Gasteiger partial charge is 0.327 e. The first-order valence-corrected chi connectivity index (χ1v) is 9.14. The van der Waals surface area contributed by atoms with Gasteiger partial charge in [0.15, 0.2) is 6.17 Å². The fourth-order valence-corrected chi connectivity index (χ4v) is 2.12. The molecule has 1 atom stereocenters. The van der Waals surface area contributed by atoms with Gasteiger partial charge in [-0.3, -0.25) is 4.55 Å². The lowest BCUT2D eigenvalue weighted by Gasteiger charge is -2.32. The molecule has 0 heterocycles. The molecule has 0 fully saturated rings. The van der Waals surface area contributed by atoms with Crippen LogP contribution in [0, 0.1) is 0 Å². The molecule has 0 aliphatic carbocycles. The number of unbranched alkanes of at least 4 members (excludes halogenated alkanes) is 4. The maximum Gasteiger partial charge on any atom is 0.438 e. The third-order valence-electron chi connectivity index (χ3n) is 3.23. The zero-order chi connectivity index (χ0) is 21.2. The van der Waals surface area contributed by atoms with E-state index >= 15 is 0 Å². The molecule has 1 unspecified atom stereocenters. The summed E-state index contributed by atoms with van der Waals surface area (Å²) in [5.41, 5.74) is 4.91. The van der Waals surface area contributed by atoms with Crippen molar-refractivity contribution in [3.63, 3.8) is 0 Å². The molecule has 0 aliphatic heterocycles. The van der Waals surface area contributed by atoms with Gasteiger partial charge in [0.2, 0.25) is 0 Å². The fourth-order valence-electron chi connectivity index (χ4n) is 1.66. The number of nitrogens with two attached hydrogens (primary N) is 1. The van der Waals surface area contributed by atoms with Crippen LogP contribution in [0.3, 0.4) is 0 Å². The average molecular weight is 419 g/mol. The Labute approximate surface area is 148 Å². The van der Waals surface area contributed by atoms with Crippen molar-refractivity contribution in [3.05, 3.63) is 12.7 Å². The van der Waals surface area contributed by atoms with Crippen LogP contribution in [0.4, 0.5) is 30.7 Å². The van der Waals surface area contributed by atoms with E-state index in [0.717, 1.165) is 6.42 Å². The molecular weight excluding hydrogens is 395 g/mol. The Morgan fingerprint density at radius 2 is 1.50 bits per heavy atom. The molecule has 0 radical (unpaired) electrons. The van der Waals surface area contributed by atoms with Crippen LogP contribution < -0.4 is 5.73 Å². The van der Waals surface area contributed by atoms with Gasteiger partial charge in [-0.25, -0.2) is 4.39 Å². The Bertz CT molecular complexity index is 513. The van der Waals surface area contributed by atoms with Gasteiger partial charge < -0.3 is 5.73 Å². The number of alkyl halides is 7. The van der Waals surface area contributed by atoms with Crippen LogP contribution in [0.5, 0.6) is 0 Å². The molecule has 0 aromatic heterocycles. The van der Waals surface area contributed by atoms with Crippen LogP contribution in [0.2, 0.25) is 0 Å². The quantitative estimate of drug-likeness (QED) is 0.223. The molecule has 0 aromatic rings. The largest absolute Gasteiger partial charge is 0.438 e. The Morgan fingerprint density at radius 3 is 1.85 bits per heavy atom. The molecule has 0 rings (SSSR count). The van der Waals surface area contributed by atoms with Gasteiger partial charge in [0, 0.05) is 6.54 Å². The SMILES string of the molecule is C=CCN.CCCCCCCC(F)C(F)(F)C(F)(F)C(F)(F)S(=O)(=O)O. The maximum atomic E-state index is 13.3. The number of rotatable bonds is 11.